The molecule has 0 aliphatic rings. The lowest BCUT2D eigenvalue weighted by molar-refractivity contribution is -0.132. The molecular formula is C21H13B3Br2O6. The molecule has 0 N–H and O–H groups in total. The highest BCUT2D eigenvalue weighted by Crippen LogP contribution is 2.36. The van der Waals surface area contributed by atoms with E-state index in [0.29, 0.717) is 21.1 Å². The van der Waals surface area contributed by atoms with Gasteiger partial charge in [0.25, 0.3) is 0 Å². The average Bonchev–Trinajstić information content (AvgIpc) is 3.11. The average molecular weight is 554 g/mol. The normalized spacial score (nSPS) is 10.9. The molecule has 0 unspecified atom stereocenters. The smallest absolute Gasteiger partial charge is 0.308 e. The molecule has 3 aromatic rings. The van der Waals surface area contributed by atoms with Gasteiger partial charge in [-0.15, -0.1) is 0 Å². The number of rotatable bonds is 5. The molecule has 1 aromatic heterocycles. The Morgan fingerprint density at radius 3 is 1.94 bits per heavy atom. The molecule has 156 valence electrons. The van der Waals surface area contributed by atoms with Crippen LogP contribution in [-0.2, 0) is 16.0 Å². The minimum Gasteiger partial charge on any atom is -0.461 e. The number of fused-ring (bicyclic) bond motifs is 1. The van der Waals surface area contributed by atoms with Gasteiger partial charge in [-0.2, -0.15) is 0 Å². The summed E-state index contributed by atoms with van der Waals surface area (Å²) in [7, 11) is 18.4. The number of carbonyl (C=O) groups is 3. The molecule has 0 fully saturated rings. The Kier molecular flexibility index (Phi) is 7.10. The summed E-state index contributed by atoms with van der Waals surface area (Å²) in [6, 6.07) is 3.03. The summed E-state index contributed by atoms with van der Waals surface area (Å²) in [4.78, 5) is 36.3. The van der Waals surface area contributed by atoms with Gasteiger partial charge in [0.05, 0.1) is 14.5 Å². The number of hydrogen-bond donors (Lipinski definition) is 0. The highest BCUT2D eigenvalue weighted by atomic mass is 79.9. The van der Waals surface area contributed by atoms with Gasteiger partial charge in [0.15, 0.2) is 11.5 Å². The van der Waals surface area contributed by atoms with Crippen molar-refractivity contribution in [2.24, 2.45) is 0 Å². The Balaban J connectivity index is 2.26. The van der Waals surface area contributed by atoms with Crippen molar-refractivity contribution in [3.8, 4) is 11.5 Å². The molecule has 6 nitrogen and oxygen atoms in total. The van der Waals surface area contributed by atoms with Gasteiger partial charge in [-0.3, -0.25) is 14.4 Å². The summed E-state index contributed by atoms with van der Waals surface area (Å²) in [6.45, 7) is 4.26. The molecule has 11 heteroatoms. The number of furan rings is 1. The van der Waals surface area contributed by atoms with Crippen LogP contribution in [0.5, 0.6) is 11.5 Å². The predicted molar refractivity (Wildman–Crippen MR) is 130 cm³/mol. The van der Waals surface area contributed by atoms with E-state index in [9.17, 15) is 14.4 Å². The van der Waals surface area contributed by atoms with Gasteiger partial charge >= 0.3 is 11.9 Å². The van der Waals surface area contributed by atoms with Gasteiger partial charge < -0.3 is 13.9 Å². The highest BCUT2D eigenvalue weighted by molar-refractivity contribution is 9.11. The SMILES string of the molecule is [B]c1c(OC(C)=O)c([B])c2oc(CC)c(C(=O)c3cc(Br)c(OC(C)=O)c(Br)c3)c2c1[B]. The van der Waals surface area contributed by atoms with Crippen molar-refractivity contribution in [3.63, 3.8) is 0 Å². The van der Waals surface area contributed by atoms with Crippen molar-refractivity contribution in [2.45, 2.75) is 27.2 Å². The Morgan fingerprint density at radius 1 is 0.906 bits per heavy atom. The molecule has 1 heterocycles. The first-order chi connectivity index (χ1) is 15.0. The Morgan fingerprint density at radius 2 is 1.44 bits per heavy atom. The molecule has 0 atom stereocenters. The van der Waals surface area contributed by atoms with Crippen LogP contribution in [0.15, 0.2) is 25.5 Å². The monoisotopic (exact) mass is 552 g/mol. The minimum absolute atomic E-state index is 0.00640. The molecule has 0 amide bonds. The van der Waals surface area contributed by atoms with Crippen LogP contribution < -0.4 is 25.9 Å². The summed E-state index contributed by atoms with van der Waals surface area (Å²) >= 11 is 6.63. The number of esters is 2. The third-order valence-corrected chi connectivity index (χ3v) is 5.75. The lowest BCUT2D eigenvalue weighted by Gasteiger charge is -2.15. The molecule has 0 spiro atoms. The second-order valence-electron chi connectivity index (χ2n) is 6.81. The quantitative estimate of drug-likeness (QED) is 0.208. The van der Waals surface area contributed by atoms with Crippen LogP contribution in [0, 0.1) is 0 Å². The molecule has 2 aromatic carbocycles. The van der Waals surface area contributed by atoms with E-state index in [1.54, 1.807) is 6.92 Å². The van der Waals surface area contributed by atoms with E-state index in [2.05, 4.69) is 31.9 Å². The number of hydrogen-bond acceptors (Lipinski definition) is 6. The summed E-state index contributed by atoms with van der Waals surface area (Å²) in [5, 5.41) is 0.231. The minimum atomic E-state index is -0.636. The van der Waals surface area contributed by atoms with Crippen molar-refractivity contribution in [1.29, 1.82) is 0 Å². The van der Waals surface area contributed by atoms with E-state index in [0.717, 1.165) is 0 Å². The van der Waals surface area contributed by atoms with Crippen LogP contribution in [0.25, 0.3) is 11.0 Å². The van der Waals surface area contributed by atoms with Crippen LogP contribution in [0.4, 0.5) is 0 Å². The number of benzene rings is 2. The Hall–Kier alpha value is -2.26. The van der Waals surface area contributed by atoms with E-state index >= 15 is 0 Å². The van der Waals surface area contributed by atoms with Gasteiger partial charge in [0.1, 0.15) is 40.6 Å². The largest absolute Gasteiger partial charge is 0.461 e. The highest BCUT2D eigenvalue weighted by Gasteiger charge is 2.27. The van der Waals surface area contributed by atoms with Gasteiger partial charge in [-0.1, -0.05) is 17.8 Å². The van der Waals surface area contributed by atoms with Crippen LogP contribution in [0.3, 0.4) is 0 Å². The van der Waals surface area contributed by atoms with Crippen LogP contribution in [-0.4, -0.2) is 41.3 Å². The maximum Gasteiger partial charge on any atom is 0.308 e. The van der Waals surface area contributed by atoms with Gasteiger partial charge in [0.2, 0.25) is 0 Å². The topological polar surface area (TPSA) is 82.8 Å². The van der Waals surface area contributed by atoms with Gasteiger partial charge in [-0.05, 0) is 49.5 Å². The van der Waals surface area contributed by atoms with Crippen molar-refractivity contribution in [1.82, 2.24) is 0 Å². The number of halogens is 2. The molecule has 6 radical (unpaired) electrons. The number of carbonyl (C=O) groups excluding carboxylic acids is 3. The lowest BCUT2D eigenvalue weighted by atomic mass is 9.73. The second kappa shape index (κ2) is 9.31. The predicted octanol–water partition coefficient (Wildman–Crippen LogP) is 1.98. The molecule has 0 bridgehead atoms. The van der Waals surface area contributed by atoms with Crippen molar-refractivity contribution in [2.75, 3.05) is 0 Å². The molecule has 32 heavy (non-hydrogen) atoms. The van der Waals surface area contributed by atoms with Crippen molar-refractivity contribution in [3.05, 3.63) is 38.0 Å². The molecule has 0 saturated carbocycles. The van der Waals surface area contributed by atoms with E-state index in [1.165, 1.54) is 26.0 Å². The van der Waals surface area contributed by atoms with Gasteiger partial charge in [-0.25, -0.2) is 0 Å². The zero-order valence-electron chi connectivity index (χ0n) is 17.3. The van der Waals surface area contributed by atoms with Crippen LogP contribution >= 0.6 is 31.9 Å². The molecule has 0 saturated heterocycles. The first kappa shape index (κ1) is 24.4. The third-order valence-electron chi connectivity index (χ3n) is 4.57. The number of ether oxygens (including phenoxy) is 2. The maximum absolute atomic E-state index is 13.5. The zero-order valence-corrected chi connectivity index (χ0v) is 20.5. The van der Waals surface area contributed by atoms with Crippen molar-refractivity contribution < 1.29 is 28.3 Å². The summed E-state index contributed by atoms with van der Waals surface area (Å²) in [5.41, 5.74) is 0.442. The van der Waals surface area contributed by atoms with E-state index in [4.69, 9.17) is 37.4 Å². The fraction of sp³-hybridized carbons (Fsp3) is 0.190. The fourth-order valence-electron chi connectivity index (χ4n) is 3.25. The molecule has 0 aliphatic carbocycles. The van der Waals surface area contributed by atoms with Crippen LogP contribution in [0.2, 0.25) is 0 Å². The van der Waals surface area contributed by atoms with Gasteiger partial charge in [0, 0.05) is 31.2 Å². The zero-order chi connectivity index (χ0) is 23.9. The Bertz CT molecular complexity index is 1280. The van der Waals surface area contributed by atoms with Crippen LogP contribution in [0.1, 0.15) is 42.5 Å². The van der Waals surface area contributed by atoms with E-state index < -0.39 is 17.7 Å². The Labute approximate surface area is 204 Å². The van der Waals surface area contributed by atoms with E-state index in [1.807, 2.05) is 0 Å². The fourth-order valence-corrected chi connectivity index (χ4v) is 4.60. The molecular weight excluding hydrogens is 540 g/mol. The maximum atomic E-state index is 13.5. The second-order valence-corrected chi connectivity index (χ2v) is 8.52. The molecule has 0 aliphatic heterocycles. The van der Waals surface area contributed by atoms with Crippen molar-refractivity contribution >= 4 is 100 Å². The standard InChI is InChI=1S/C21H13B3Br2O6/c1-4-12-13(18(29)9-5-10(25)19(11(26)6-9)30-7(2)27)14-15(22)16(23)21(31-8(3)28)17(24)20(14)32-12/h5-6H,4H2,1-3H3. The third kappa shape index (κ3) is 4.32. The first-order valence-electron chi connectivity index (χ1n) is 9.30. The summed E-state index contributed by atoms with van der Waals surface area (Å²) in [5.74, 6) is -1.11. The first-order valence-corrected chi connectivity index (χ1v) is 10.9. The lowest BCUT2D eigenvalue weighted by Crippen LogP contribution is -2.35. The summed E-state index contributed by atoms with van der Waals surface area (Å²) < 4.78 is 16.9. The number of ketones is 1. The van der Waals surface area contributed by atoms with E-state index in [-0.39, 0.29) is 50.0 Å². The summed E-state index contributed by atoms with van der Waals surface area (Å²) in [6.07, 6.45) is 0.352. The molecule has 3 rings (SSSR count). The number of aryl methyl sites for hydroxylation is 1.